The summed E-state index contributed by atoms with van der Waals surface area (Å²) in [5, 5.41) is 19.0. The van der Waals surface area contributed by atoms with E-state index in [4.69, 9.17) is 9.47 Å². The molecule has 0 aromatic heterocycles. The van der Waals surface area contributed by atoms with Crippen molar-refractivity contribution in [1.29, 1.82) is 5.26 Å². The quantitative estimate of drug-likeness (QED) is 0.151. The number of aliphatic hydroxyl groups excluding tert-OH is 1. The summed E-state index contributed by atoms with van der Waals surface area (Å²) < 4.78 is 15.6. The highest BCUT2D eigenvalue weighted by molar-refractivity contribution is 7.99. The van der Waals surface area contributed by atoms with Crippen molar-refractivity contribution in [2.75, 3.05) is 29.0 Å². The number of rotatable bonds is 13. The van der Waals surface area contributed by atoms with Crippen LogP contribution in [0.2, 0.25) is 0 Å². The molecule has 7 nitrogen and oxygen atoms in total. The number of anilines is 2. The molecule has 0 amide bonds. The van der Waals surface area contributed by atoms with Gasteiger partial charge in [0.1, 0.15) is 17.2 Å². The number of ether oxygens (including phenoxy) is 2. The minimum atomic E-state index is -0.109. The summed E-state index contributed by atoms with van der Waals surface area (Å²) in [6.07, 6.45) is 7.85. The van der Waals surface area contributed by atoms with Crippen molar-refractivity contribution in [2.45, 2.75) is 26.6 Å². The Morgan fingerprint density at radius 1 is 0.955 bits per heavy atom. The van der Waals surface area contributed by atoms with Gasteiger partial charge < -0.3 is 24.2 Å². The minimum absolute atomic E-state index is 0.109. The Kier molecular flexibility index (Phi) is 10.6. The molecular formula is C36H36N4O3S. The molecule has 2 N–H and O–H groups in total. The molecule has 0 aliphatic carbocycles. The van der Waals surface area contributed by atoms with Gasteiger partial charge in [0.25, 0.3) is 0 Å². The van der Waals surface area contributed by atoms with E-state index in [9.17, 15) is 10.4 Å². The summed E-state index contributed by atoms with van der Waals surface area (Å²) in [5.41, 5.74) is 7.02. The largest absolute Gasteiger partial charge is 0.493 e. The van der Waals surface area contributed by atoms with Crippen molar-refractivity contribution >= 4 is 29.5 Å². The zero-order valence-electron chi connectivity index (χ0n) is 24.9. The third kappa shape index (κ3) is 8.22. The molecule has 0 saturated heterocycles. The number of nitriles is 1. The van der Waals surface area contributed by atoms with Crippen LogP contribution in [0.5, 0.6) is 17.2 Å². The van der Waals surface area contributed by atoms with Gasteiger partial charge in [0, 0.05) is 55.5 Å². The van der Waals surface area contributed by atoms with Gasteiger partial charge in [-0.3, -0.25) is 4.99 Å². The molecule has 0 spiro atoms. The van der Waals surface area contributed by atoms with Gasteiger partial charge in [-0.25, -0.2) is 0 Å². The van der Waals surface area contributed by atoms with Crippen LogP contribution >= 0.6 is 11.9 Å². The van der Waals surface area contributed by atoms with Crippen molar-refractivity contribution in [2.24, 2.45) is 10.9 Å². The zero-order chi connectivity index (χ0) is 30.7. The smallest absolute Gasteiger partial charge is 0.131 e. The van der Waals surface area contributed by atoms with Crippen LogP contribution < -0.4 is 19.1 Å². The molecule has 1 heterocycles. The molecule has 1 aliphatic rings. The lowest BCUT2D eigenvalue weighted by Crippen LogP contribution is -2.23. The Morgan fingerprint density at radius 3 is 2.34 bits per heavy atom. The summed E-state index contributed by atoms with van der Waals surface area (Å²) in [7, 11) is 0. The van der Waals surface area contributed by atoms with E-state index in [0.29, 0.717) is 49.1 Å². The van der Waals surface area contributed by atoms with Crippen LogP contribution in [0.3, 0.4) is 0 Å². The highest BCUT2D eigenvalue weighted by Gasteiger charge is 2.15. The molecule has 4 aromatic carbocycles. The number of allylic oxidation sites excluding steroid dienone is 1. The van der Waals surface area contributed by atoms with Crippen molar-refractivity contribution in [1.82, 2.24) is 0 Å². The first-order valence-corrected chi connectivity index (χ1v) is 15.7. The molecule has 44 heavy (non-hydrogen) atoms. The number of aliphatic imine (C=N–C) groups is 1. The SMILES string of the molecule is CSNc1cccc(N(Cc2ccc(C#N)cc2)Cc2ccc(Oc3cc(CO)cc(OCC4C=CC=NC4)c3)cc2)c1C. The van der Waals surface area contributed by atoms with Gasteiger partial charge in [-0.2, -0.15) is 5.26 Å². The number of benzene rings is 4. The van der Waals surface area contributed by atoms with Crippen LogP contribution in [0, 0.1) is 24.2 Å². The first-order chi connectivity index (χ1) is 21.5. The van der Waals surface area contributed by atoms with Crippen LogP contribution in [0.25, 0.3) is 0 Å². The summed E-state index contributed by atoms with van der Waals surface area (Å²) in [4.78, 5) is 6.64. The second-order valence-corrected chi connectivity index (χ2v) is 11.2. The maximum Gasteiger partial charge on any atom is 0.131 e. The second-order valence-electron chi connectivity index (χ2n) is 10.6. The van der Waals surface area contributed by atoms with Crippen LogP contribution in [-0.2, 0) is 19.7 Å². The van der Waals surface area contributed by atoms with Crippen LogP contribution in [0.1, 0.15) is 27.8 Å². The van der Waals surface area contributed by atoms with E-state index in [1.165, 1.54) is 5.56 Å². The summed E-state index contributed by atoms with van der Waals surface area (Å²) in [5.74, 6) is 2.17. The molecular weight excluding hydrogens is 568 g/mol. The molecule has 0 radical (unpaired) electrons. The Bertz CT molecular complexity index is 1650. The lowest BCUT2D eigenvalue weighted by molar-refractivity contribution is 0.269. The number of aliphatic hydroxyl groups is 1. The zero-order valence-corrected chi connectivity index (χ0v) is 25.8. The van der Waals surface area contributed by atoms with E-state index < -0.39 is 0 Å². The Hall–Kier alpha value is -4.71. The monoisotopic (exact) mass is 604 g/mol. The molecule has 4 aromatic rings. The van der Waals surface area contributed by atoms with Gasteiger partial charge in [0.2, 0.25) is 0 Å². The van der Waals surface area contributed by atoms with E-state index in [2.05, 4.69) is 64.0 Å². The van der Waals surface area contributed by atoms with E-state index in [1.807, 2.05) is 66.9 Å². The molecule has 1 atom stereocenters. The fraction of sp³-hybridized carbons (Fsp3) is 0.222. The van der Waals surface area contributed by atoms with E-state index in [-0.39, 0.29) is 12.5 Å². The lowest BCUT2D eigenvalue weighted by Gasteiger charge is -2.28. The molecule has 5 rings (SSSR count). The maximum absolute atomic E-state index is 9.82. The first kappa shape index (κ1) is 30.7. The summed E-state index contributed by atoms with van der Waals surface area (Å²) >= 11 is 1.57. The van der Waals surface area contributed by atoms with Gasteiger partial charge in [-0.1, -0.05) is 48.4 Å². The van der Waals surface area contributed by atoms with E-state index in [0.717, 1.165) is 28.1 Å². The number of nitrogens with one attached hydrogen (secondary N) is 1. The predicted molar refractivity (Wildman–Crippen MR) is 180 cm³/mol. The van der Waals surface area contributed by atoms with Crippen molar-refractivity contribution in [3.05, 3.63) is 125 Å². The average molecular weight is 605 g/mol. The maximum atomic E-state index is 9.82. The third-order valence-electron chi connectivity index (χ3n) is 7.35. The van der Waals surface area contributed by atoms with Crippen molar-refractivity contribution in [3.63, 3.8) is 0 Å². The van der Waals surface area contributed by atoms with Gasteiger partial charge >= 0.3 is 0 Å². The van der Waals surface area contributed by atoms with Crippen LogP contribution in [-0.4, -0.2) is 30.7 Å². The molecule has 0 saturated carbocycles. The molecule has 1 unspecified atom stereocenters. The highest BCUT2D eigenvalue weighted by Crippen LogP contribution is 2.32. The average Bonchev–Trinajstić information content (AvgIpc) is 3.06. The fourth-order valence-electron chi connectivity index (χ4n) is 5.04. The standard InChI is InChI=1S/C36H36N4O3S/c1-26-35(39-44-2)6-3-7-36(26)40(22-28-10-8-27(20-37)9-11-28)23-29-12-14-32(15-13-29)43-34-18-31(24-41)17-33(19-34)42-25-30-5-4-16-38-21-30/h3-19,30,39,41H,21-25H2,1-2H3. The van der Waals surface area contributed by atoms with Crippen molar-refractivity contribution in [3.8, 4) is 23.3 Å². The summed E-state index contributed by atoms with van der Waals surface area (Å²) in [6, 6.07) is 29.8. The van der Waals surface area contributed by atoms with Gasteiger partial charge in [-0.15, -0.1) is 0 Å². The molecule has 224 valence electrons. The van der Waals surface area contributed by atoms with Crippen LogP contribution in [0.15, 0.2) is 102 Å². The Balaban J connectivity index is 1.32. The number of hydrogen-bond acceptors (Lipinski definition) is 8. The Morgan fingerprint density at radius 2 is 1.68 bits per heavy atom. The fourth-order valence-corrected chi connectivity index (χ4v) is 5.48. The molecule has 0 fully saturated rings. The summed E-state index contributed by atoms with van der Waals surface area (Å²) in [6.45, 7) is 4.61. The van der Waals surface area contributed by atoms with E-state index in [1.54, 1.807) is 18.2 Å². The normalized spacial score (nSPS) is 13.7. The van der Waals surface area contributed by atoms with Gasteiger partial charge in [-0.05, 0) is 83.8 Å². The number of nitrogens with zero attached hydrogens (tertiary/aromatic N) is 3. The topological polar surface area (TPSA) is 90.1 Å². The molecule has 0 bridgehead atoms. The van der Waals surface area contributed by atoms with Crippen LogP contribution in [0.4, 0.5) is 11.4 Å². The van der Waals surface area contributed by atoms with Crippen molar-refractivity contribution < 1.29 is 14.6 Å². The first-order valence-electron chi connectivity index (χ1n) is 14.5. The van der Waals surface area contributed by atoms with E-state index >= 15 is 0 Å². The van der Waals surface area contributed by atoms with Gasteiger partial charge in [0.15, 0.2) is 0 Å². The number of hydrogen-bond donors (Lipinski definition) is 2. The number of dihydropyridines is 1. The second kappa shape index (κ2) is 15.1. The minimum Gasteiger partial charge on any atom is -0.493 e. The molecule has 1 aliphatic heterocycles. The highest BCUT2D eigenvalue weighted by atomic mass is 32.2. The Labute approximate surface area is 263 Å². The lowest BCUT2D eigenvalue weighted by atomic mass is 10.1. The molecule has 8 heteroatoms. The predicted octanol–water partition coefficient (Wildman–Crippen LogP) is 7.68. The van der Waals surface area contributed by atoms with Gasteiger partial charge in [0.05, 0.1) is 24.8 Å². The third-order valence-corrected chi connectivity index (χ3v) is 7.77.